The van der Waals surface area contributed by atoms with E-state index in [0.717, 1.165) is 12.1 Å². The van der Waals surface area contributed by atoms with Gasteiger partial charge in [0.05, 0.1) is 7.11 Å². The molecule has 1 N–H and O–H groups in total. The Balaban J connectivity index is 2.17. The quantitative estimate of drug-likeness (QED) is 0.867. The van der Waals surface area contributed by atoms with E-state index >= 15 is 0 Å². The molecular formula is C13H10F2N2O2. The Morgan fingerprint density at radius 3 is 2.68 bits per heavy atom. The number of carbonyl (C=O) groups is 1. The number of nitrogens with zero attached hydrogens (tertiary/aromatic N) is 1. The van der Waals surface area contributed by atoms with E-state index in [9.17, 15) is 13.6 Å². The van der Waals surface area contributed by atoms with Crippen molar-refractivity contribution in [1.29, 1.82) is 0 Å². The number of benzene rings is 1. The number of nitrogens with one attached hydrogen (secondary N) is 1. The number of halogens is 2. The summed E-state index contributed by atoms with van der Waals surface area (Å²) in [7, 11) is 1.34. The predicted molar refractivity (Wildman–Crippen MR) is 65.1 cm³/mol. The smallest absolute Gasteiger partial charge is 0.274 e. The molecule has 6 heteroatoms. The number of anilines is 1. The molecule has 0 bridgehead atoms. The van der Waals surface area contributed by atoms with E-state index in [2.05, 4.69) is 10.3 Å². The van der Waals surface area contributed by atoms with E-state index in [4.69, 9.17) is 4.74 Å². The molecular weight excluding hydrogens is 254 g/mol. The summed E-state index contributed by atoms with van der Waals surface area (Å²) in [6, 6.07) is 7.81. The molecule has 1 heterocycles. The minimum Gasteiger partial charge on any atom is -0.494 e. The summed E-state index contributed by atoms with van der Waals surface area (Å²) < 4.78 is 31.0. The lowest BCUT2D eigenvalue weighted by molar-refractivity contribution is 0.102. The molecule has 0 spiro atoms. The highest BCUT2D eigenvalue weighted by Gasteiger charge is 2.10. The summed E-state index contributed by atoms with van der Waals surface area (Å²) in [5, 5.41) is 2.41. The minimum atomic E-state index is -0.756. The van der Waals surface area contributed by atoms with Crippen molar-refractivity contribution in [2.75, 3.05) is 12.4 Å². The fourth-order valence-corrected chi connectivity index (χ4v) is 1.47. The summed E-state index contributed by atoms with van der Waals surface area (Å²) in [4.78, 5) is 15.2. The van der Waals surface area contributed by atoms with Gasteiger partial charge in [-0.1, -0.05) is 6.07 Å². The van der Waals surface area contributed by atoms with Crippen molar-refractivity contribution in [2.45, 2.75) is 0 Å². The highest BCUT2D eigenvalue weighted by molar-refractivity contribution is 6.02. The molecule has 1 aromatic heterocycles. The molecule has 2 aromatic rings. The monoisotopic (exact) mass is 264 g/mol. The van der Waals surface area contributed by atoms with Crippen molar-refractivity contribution in [1.82, 2.24) is 4.98 Å². The number of pyridine rings is 1. The maximum absolute atomic E-state index is 13.4. The fraction of sp³-hybridized carbons (Fsp3) is 0.0769. The van der Waals surface area contributed by atoms with Gasteiger partial charge in [-0.3, -0.25) is 4.79 Å². The summed E-state index contributed by atoms with van der Waals surface area (Å²) in [6.07, 6.45) is 0. The van der Waals surface area contributed by atoms with Crippen LogP contribution in [-0.2, 0) is 0 Å². The van der Waals surface area contributed by atoms with Crippen molar-refractivity contribution in [3.05, 3.63) is 53.9 Å². The zero-order chi connectivity index (χ0) is 13.8. The Morgan fingerprint density at radius 2 is 2.05 bits per heavy atom. The largest absolute Gasteiger partial charge is 0.494 e. The minimum absolute atomic E-state index is 0.0712. The number of aromatic nitrogens is 1. The SMILES string of the molecule is COc1ccc(NC(=O)c2cccc(F)n2)cc1F. The van der Waals surface area contributed by atoms with Gasteiger partial charge in [0.25, 0.3) is 5.91 Å². The van der Waals surface area contributed by atoms with Gasteiger partial charge in [-0.15, -0.1) is 0 Å². The number of hydrogen-bond acceptors (Lipinski definition) is 3. The maximum atomic E-state index is 13.4. The summed E-state index contributed by atoms with van der Waals surface area (Å²) in [5.41, 5.74) is 0.144. The Bertz CT molecular complexity index is 617. The summed E-state index contributed by atoms with van der Waals surface area (Å²) >= 11 is 0. The topological polar surface area (TPSA) is 51.2 Å². The number of amides is 1. The Morgan fingerprint density at radius 1 is 1.26 bits per heavy atom. The molecule has 1 aromatic carbocycles. The van der Waals surface area contributed by atoms with Gasteiger partial charge in [0.15, 0.2) is 11.6 Å². The molecule has 0 aliphatic heterocycles. The highest BCUT2D eigenvalue weighted by atomic mass is 19.1. The number of methoxy groups -OCH3 is 1. The van der Waals surface area contributed by atoms with Crippen molar-refractivity contribution in [3.8, 4) is 5.75 Å². The van der Waals surface area contributed by atoms with E-state index in [-0.39, 0.29) is 17.1 Å². The van der Waals surface area contributed by atoms with Crippen molar-refractivity contribution < 1.29 is 18.3 Å². The third kappa shape index (κ3) is 3.04. The Kier molecular flexibility index (Phi) is 3.70. The summed E-state index contributed by atoms with van der Waals surface area (Å²) in [6.45, 7) is 0. The molecule has 2 rings (SSSR count). The van der Waals surface area contributed by atoms with Gasteiger partial charge in [-0.25, -0.2) is 9.37 Å². The number of carbonyl (C=O) groups excluding carboxylic acids is 1. The van der Waals surface area contributed by atoms with Crippen LogP contribution < -0.4 is 10.1 Å². The number of hydrogen-bond donors (Lipinski definition) is 1. The molecule has 0 aliphatic carbocycles. The first-order chi connectivity index (χ1) is 9.10. The second kappa shape index (κ2) is 5.43. The predicted octanol–water partition coefficient (Wildman–Crippen LogP) is 2.62. The van der Waals surface area contributed by atoms with Gasteiger partial charge in [-0.2, -0.15) is 4.39 Å². The second-order valence-corrected chi connectivity index (χ2v) is 3.65. The van der Waals surface area contributed by atoms with E-state index < -0.39 is 17.7 Å². The van der Waals surface area contributed by atoms with Crippen LogP contribution in [0.3, 0.4) is 0 Å². The Labute approximate surface area is 108 Å². The van der Waals surface area contributed by atoms with Crippen LogP contribution in [0.4, 0.5) is 14.5 Å². The van der Waals surface area contributed by atoms with Gasteiger partial charge in [0.1, 0.15) is 5.69 Å². The third-order valence-electron chi connectivity index (χ3n) is 2.36. The first-order valence-corrected chi connectivity index (χ1v) is 5.37. The van der Waals surface area contributed by atoms with Crippen molar-refractivity contribution in [2.24, 2.45) is 0 Å². The first kappa shape index (κ1) is 12.9. The molecule has 98 valence electrons. The molecule has 0 radical (unpaired) electrons. The molecule has 0 aliphatic rings. The lowest BCUT2D eigenvalue weighted by Crippen LogP contribution is -2.14. The molecule has 4 nitrogen and oxygen atoms in total. The molecule has 0 atom stereocenters. The van der Waals surface area contributed by atoms with Gasteiger partial charge < -0.3 is 10.1 Å². The molecule has 0 unspecified atom stereocenters. The van der Waals surface area contributed by atoms with E-state index in [1.165, 1.54) is 31.4 Å². The van der Waals surface area contributed by atoms with Crippen LogP contribution in [-0.4, -0.2) is 18.0 Å². The van der Waals surface area contributed by atoms with Gasteiger partial charge in [0, 0.05) is 11.8 Å². The van der Waals surface area contributed by atoms with Crippen LogP contribution in [0.2, 0.25) is 0 Å². The van der Waals surface area contributed by atoms with E-state index in [0.29, 0.717) is 0 Å². The molecule has 19 heavy (non-hydrogen) atoms. The van der Waals surface area contributed by atoms with Crippen LogP contribution in [0.25, 0.3) is 0 Å². The lowest BCUT2D eigenvalue weighted by atomic mass is 10.2. The van der Waals surface area contributed by atoms with Gasteiger partial charge >= 0.3 is 0 Å². The van der Waals surface area contributed by atoms with Gasteiger partial charge in [-0.05, 0) is 24.3 Å². The molecule has 0 saturated carbocycles. The van der Waals surface area contributed by atoms with Crippen LogP contribution in [0.1, 0.15) is 10.5 Å². The third-order valence-corrected chi connectivity index (χ3v) is 2.36. The average Bonchev–Trinajstić information content (AvgIpc) is 2.39. The maximum Gasteiger partial charge on any atom is 0.274 e. The fourth-order valence-electron chi connectivity index (χ4n) is 1.47. The lowest BCUT2D eigenvalue weighted by Gasteiger charge is -2.07. The normalized spacial score (nSPS) is 10.1. The zero-order valence-electron chi connectivity index (χ0n) is 9.98. The Hall–Kier alpha value is -2.50. The molecule has 0 saturated heterocycles. The van der Waals surface area contributed by atoms with Crippen LogP contribution in [0, 0.1) is 11.8 Å². The summed E-state index contributed by atoms with van der Waals surface area (Å²) in [5.74, 6) is -1.91. The molecule has 0 fully saturated rings. The van der Waals surface area contributed by atoms with Gasteiger partial charge in [0.2, 0.25) is 5.95 Å². The average molecular weight is 264 g/mol. The second-order valence-electron chi connectivity index (χ2n) is 3.65. The van der Waals surface area contributed by atoms with Crippen molar-refractivity contribution in [3.63, 3.8) is 0 Å². The number of ether oxygens (including phenoxy) is 1. The first-order valence-electron chi connectivity index (χ1n) is 5.37. The van der Waals surface area contributed by atoms with E-state index in [1.807, 2.05) is 0 Å². The highest BCUT2D eigenvalue weighted by Crippen LogP contribution is 2.20. The van der Waals surface area contributed by atoms with E-state index in [1.54, 1.807) is 0 Å². The number of rotatable bonds is 3. The van der Waals surface area contributed by atoms with Crippen molar-refractivity contribution >= 4 is 11.6 Å². The van der Waals surface area contributed by atoms with Crippen LogP contribution >= 0.6 is 0 Å². The standard InChI is InChI=1S/C13H10F2N2O2/c1-19-11-6-5-8(7-9(11)14)16-13(18)10-3-2-4-12(15)17-10/h2-7H,1H3,(H,16,18). The molecule has 1 amide bonds. The van der Waals surface area contributed by atoms with Crippen LogP contribution in [0.5, 0.6) is 5.75 Å². The zero-order valence-corrected chi connectivity index (χ0v) is 9.98. The van der Waals surface area contributed by atoms with Crippen LogP contribution in [0.15, 0.2) is 36.4 Å².